The van der Waals surface area contributed by atoms with E-state index in [2.05, 4.69) is 0 Å². The number of piperidine rings is 1. The van der Waals surface area contributed by atoms with E-state index in [9.17, 15) is 23.2 Å². The number of carbonyl (C=O) groups excluding carboxylic acids is 3. The van der Waals surface area contributed by atoms with Crippen molar-refractivity contribution in [2.24, 2.45) is 11.8 Å². The van der Waals surface area contributed by atoms with Crippen LogP contribution in [0.5, 0.6) is 0 Å². The number of furan rings is 1. The SMILES string of the molecule is O=C(c1cc(F)ccc1F)C1CCN(C(=O)C2CC(=O)N(Cc3ccco3)C2)CC1. The minimum Gasteiger partial charge on any atom is -0.467 e. The zero-order valence-electron chi connectivity index (χ0n) is 16.4. The highest BCUT2D eigenvalue weighted by molar-refractivity contribution is 5.98. The summed E-state index contributed by atoms with van der Waals surface area (Å²) in [5, 5.41) is 0. The third-order valence-electron chi connectivity index (χ3n) is 5.86. The van der Waals surface area contributed by atoms with Crippen molar-refractivity contribution in [2.75, 3.05) is 19.6 Å². The highest BCUT2D eigenvalue weighted by Gasteiger charge is 2.38. The van der Waals surface area contributed by atoms with E-state index in [1.807, 2.05) is 0 Å². The van der Waals surface area contributed by atoms with E-state index >= 15 is 0 Å². The van der Waals surface area contributed by atoms with Crippen LogP contribution < -0.4 is 0 Å². The predicted molar refractivity (Wildman–Crippen MR) is 102 cm³/mol. The summed E-state index contributed by atoms with van der Waals surface area (Å²) in [6.07, 6.45) is 2.47. The molecule has 3 heterocycles. The average molecular weight is 416 g/mol. The summed E-state index contributed by atoms with van der Waals surface area (Å²) < 4.78 is 32.6. The Morgan fingerprint density at radius 1 is 1.10 bits per heavy atom. The van der Waals surface area contributed by atoms with Gasteiger partial charge in [0.15, 0.2) is 5.78 Å². The molecule has 158 valence electrons. The molecule has 2 aliphatic rings. The van der Waals surface area contributed by atoms with Gasteiger partial charge in [0.1, 0.15) is 17.4 Å². The molecule has 2 aromatic rings. The zero-order valence-corrected chi connectivity index (χ0v) is 16.4. The largest absolute Gasteiger partial charge is 0.467 e. The number of amides is 2. The molecule has 0 spiro atoms. The Morgan fingerprint density at radius 2 is 1.87 bits per heavy atom. The van der Waals surface area contributed by atoms with Gasteiger partial charge in [-0.2, -0.15) is 0 Å². The molecule has 8 heteroatoms. The molecular formula is C22H22F2N2O4. The second-order valence-electron chi connectivity index (χ2n) is 7.84. The van der Waals surface area contributed by atoms with Gasteiger partial charge in [0.2, 0.25) is 11.8 Å². The number of benzene rings is 1. The molecule has 2 saturated heterocycles. The van der Waals surface area contributed by atoms with Gasteiger partial charge in [-0.1, -0.05) is 0 Å². The fourth-order valence-corrected chi connectivity index (χ4v) is 4.21. The van der Waals surface area contributed by atoms with Crippen LogP contribution in [-0.2, 0) is 16.1 Å². The Labute approximate surface area is 172 Å². The second kappa shape index (κ2) is 8.38. The fourth-order valence-electron chi connectivity index (χ4n) is 4.21. The van der Waals surface area contributed by atoms with Crippen LogP contribution in [0.1, 0.15) is 35.4 Å². The number of carbonyl (C=O) groups is 3. The van der Waals surface area contributed by atoms with Gasteiger partial charge in [0, 0.05) is 32.0 Å². The van der Waals surface area contributed by atoms with Gasteiger partial charge in [0.25, 0.3) is 0 Å². The van der Waals surface area contributed by atoms with Crippen LogP contribution in [-0.4, -0.2) is 47.0 Å². The fraction of sp³-hybridized carbons (Fsp3) is 0.409. The van der Waals surface area contributed by atoms with Crippen LogP contribution in [0.25, 0.3) is 0 Å². The summed E-state index contributed by atoms with van der Waals surface area (Å²) >= 11 is 0. The van der Waals surface area contributed by atoms with Gasteiger partial charge in [-0.15, -0.1) is 0 Å². The maximum absolute atomic E-state index is 13.9. The molecule has 1 unspecified atom stereocenters. The lowest BCUT2D eigenvalue weighted by Gasteiger charge is -2.33. The monoisotopic (exact) mass is 416 g/mol. The highest BCUT2D eigenvalue weighted by atomic mass is 19.1. The van der Waals surface area contributed by atoms with Crippen molar-refractivity contribution in [3.8, 4) is 0 Å². The molecule has 0 aliphatic carbocycles. The first-order chi connectivity index (χ1) is 14.4. The topological polar surface area (TPSA) is 70.8 Å². The van der Waals surface area contributed by atoms with Crippen molar-refractivity contribution in [2.45, 2.75) is 25.8 Å². The van der Waals surface area contributed by atoms with Crippen LogP contribution in [0.3, 0.4) is 0 Å². The molecule has 0 radical (unpaired) electrons. The molecule has 0 saturated carbocycles. The van der Waals surface area contributed by atoms with Gasteiger partial charge < -0.3 is 14.2 Å². The van der Waals surface area contributed by atoms with E-state index < -0.39 is 29.3 Å². The smallest absolute Gasteiger partial charge is 0.227 e. The summed E-state index contributed by atoms with van der Waals surface area (Å²) in [6.45, 7) is 1.39. The van der Waals surface area contributed by atoms with Crippen LogP contribution in [0.2, 0.25) is 0 Å². The Bertz CT molecular complexity index is 952. The summed E-state index contributed by atoms with van der Waals surface area (Å²) in [4.78, 5) is 41.0. The maximum atomic E-state index is 13.9. The van der Waals surface area contributed by atoms with Gasteiger partial charge in [0.05, 0.1) is 24.3 Å². The van der Waals surface area contributed by atoms with Gasteiger partial charge in [-0.3, -0.25) is 14.4 Å². The van der Waals surface area contributed by atoms with E-state index in [1.165, 1.54) is 0 Å². The van der Waals surface area contributed by atoms with Gasteiger partial charge in [-0.05, 0) is 43.2 Å². The van der Waals surface area contributed by atoms with Crippen LogP contribution in [0.15, 0.2) is 41.0 Å². The molecule has 2 aliphatic heterocycles. The number of nitrogens with zero attached hydrogens (tertiary/aromatic N) is 2. The number of hydrogen-bond donors (Lipinski definition) is 0. The number of likely N-dealkylation sites (tertiary alicyclic amines) is 2. The quantitative estimate of drug-likeness (QED) is 0.703. The second-order valence-corrected chi connectivity index (χ2v) is 7.84. The Kier molecular flexibility index (Phi) is 5.65. The van der Waals surface area contributed by atoms with Crippen molar-refractivity contribution in [3.63, 3.8) is 0 Å². The number of Topliss-reactive ketones (excluding diaryl/α,β-unsaturated/α-hetero) is 1. The van der Waals surface area contributed by atoms with Crippen molar-refractivity contribution in [1.29, 1.82) is 0 Å². The number of hydrogen-bond acceptors (Lipinski definition) is 4. The third-order valence-corrected chi connectivity index (χ3v) is 5.86. The van der Waals surface area contributed by atoms with Crippen LogP contribution in [0.4, 0.5) is 8.78 Å². The summed E-state index contributed by atoms with van der Waals surface area (Å²) in [7, 11) is 0. The molecule has 2 fully saturated rings. The first-order valence-electron chi connectivity index (χ1n) is 10.0. The van der Waals surface area contributed by atoms with E-state index in [-0.39, 0.29) is 23.8 Å². The number of ketones is 1. The molecule has 1 aromatic heterocycles. The molecule has 6 nitrogen and oxygen atoms in total. The van der Waals surface area contributed by atoms with E-state index in [0.717, 1.165) is 18.2 Å². The molecule has 30 heavy (non-hydrogen) atoms. The van der Waals surface area contributed by atoms with Crippen molar-refractivity contribution < 1.29 is 27.6 Å². The normalized spacial score (nSPS) is 20.1. The lowest BCUT2D eigenvalue weighted by molar-refractivity contribution is -0.137. The van der Waals surface area contributed by atoms with Gasteiger partial charge in [-0.25, -0.2) is 8.78 Å². The summed E-state index contributed by atoms with van der Waals surface area (Å²) in [6, 6.07) is 6.39. The summed E-state index contributed by atoms with van der Waals surface area (Å²) in [5.41, 5.74) is -0.241. The molecule has 1 atom stereocenters. The molecule has 0 N–H and O–H groups in total. The van der Waals surface area contributed by atoms with Crippen molar-refractivity contribution in [3.05, 3.63) is 59.6 Å². The molecular weight excluding hydrogens is 394 g/mol. The number of halogens is 2. The Balaban J connectivity index is 1.33. The van der Waals surface area contributed by atoms with Gasteiger partial charge >= 0.3 is 0 Å². The maximum Gasteiger partial charge on any atom is 0.227 e. The number of rotatable bonds is 5. The van der Waals surface area contributed by atoms with Crippen LogP contribution >= 0.6 is 0 Å². The minimum atomic E-state index is -0.735. The molecule has 1 aromatic carbocycles. The lowest BCUT2D eigenvalue weighted by Crippen LogP contribution is -2.43. The molecule has 4 rings (SSSR count). The standard InChI is InChI=1S/C22H22F2N2O4/c23-16-3-4-19(24)18(11-16)21(28)14-5-7-25(8-6-14)22(29)15-10-20(27)26(12-15)13-17-2-1-9-30-17/h1-4,9,11,14-15H,5-8,10,12-13H2. The Morgan fingerprint density at radius 3 is 2.57 bits per heavy atom. The van der Waals surface area contributed by atoms with E-state index in [1.54, 1.807) is 28.2 Å². The molecule has 2 amide bonds. The van der Waals surface area contributed by atoms with Crippen molar-refractivity contribution in [1.82, 2.24) is 9.80 Å². The minimum absolute atomic E-state index is 0.0867. The first-order valence-corrected chi connectivity index (χ1v) is 10.0. The molecule has 0 bridgehead atoms. The van der Waals surface area contributed by atoms with E-state index in [4.69, 9.17) is 4.42 Å². The predicted octanol–water partition coefficient (Wildman–Crippen LogP) is 3.03. The lowest BCUT2D eigenvalue weighted by atomic mass is 9.88. The third kappa shape index (κ3) is 4.13. The van der Waals surface area contributed by atoms with E-state index in [0.29, 0.717) is 44.8 Å². The highest BCUT2D eigenvalue weighted by Crippen LogP contribution is 2.27. The zero-order chi connectivity index (χ0) is 21.3. The Hall–Kier alpha value is -3.03. The summed E-state index contributed by atoms with van der Waals surface area (Å²) in [5.74, 6) is -2.21. The van der Waals surface area contributed by atoms with Crippen molar-refractivity contribution >= 4 is 17.6 Å². The first kappa shape index (κ1) is 20.3. The average Bonchev–Trinajstić information content (AvgIpc) is 3.39. The van der Waals surface area contributed by atoms with Crippen LogP contribution in [0, 0.1) is 23.5 Å².